The van der Waals surface area contributed by atoms with Crippen molar-refractivity contribution in [3.8, 4) is 0 Å². The molecule has 0 saturated carbocycles. The molecule has 56 valence electrons. The number of aliphatic hydroxyl groups is 1. The molecule has 0 heterocycles. The molecule has 1 N–H and O–H groups in total. The Kier molecular flexibility index (Phi) is 6.88. The highest BCUT2D eigenvalue weighted by Crippen LogP contribution is 2.04. The smallest absolute Gasteiger partial charge is 0.0637 e. The number of aliphatic hydroxyl groups excluding tert-OH is 1. The first kappa shape index (κ1) is 9.44. The fourth-order valence-electron chi connectivity index (χ4n) is 0.707. The van der Waals surface area contributed by atoms with E-state index in [0.717, 1.165) is 18.2 Å². The van der Waals surface area contributed by atoms with E-state index in [1.165, 1.54) is 12.8 Å². The van der Waals surface area contributed by atoms with E-state index >= 15 is 0 Å². The molecule has 0 fully saturated rings. The van der Waals surface area contributed by atoms with E-state index in [2.05, 4.69) is 22.9 Å². The highest BCUT2D eigenvalue weighted by molar-refractivity contribution is 9.09. The fourth-order valence-corrected chi connectivity index (χ4v) is 1.03. The van der Waals surface area contributed by atoms with E-state index < -0.39 is 0 Å². The summed E-state index contributed by atoms with van der Waals surface area (Å²) >= 11 is 3.22. The SMILES string of the molecule is CCCCC[C@H](O)CBr. The van der Waals surface area contributed by atoms with Gasteiger partial charge in [0.1, 0.15) is 0 Å². The standard InChI is InChI=1S/C7H15BrO/c1-2-3-4-5-7(9)6-8/h7,9H,2-6H2,1H3/t7-/m0/s1. The van der Waals surface area contributed by atoms with Gasteiger partial charge in [-0.2, -0.15) is 0 Å². The Bertz CT molecular complexity index is 56.9. The van der Waals surface area contributed by atoms with Crippen LogP contribution in [0.3, 0.4) is 0 Å². The van der Waals surface area contributed by atoms with Crippen LogP contribution in [-0.2, 0) is 0 Å². The lowest BCUT2D eigenvalue weighted by Crippen LogP contribution is -2.06. The molecule has 0 bridgehead atoms. The van der Waals surface area contributed by atoms with E-state index in [1.54, 1.807) is 0 Å². The Morgan fingerprint density at radius 1 is 1.44 bits per heavy atom. The van der Waals surface area contributed by atoms with Gasteiger partial charge in [-0.3, -0.25) is 0 Å². The van der Waals surface area contributed by atoms with Gasteiger partial charge in [0.15, 0.2) is 0 Å². The summed E-state index contributed by atoms with van der Waals surface area (Å²) in [4.78, 5) is 0. The van der Waals surface area contributed by atoms with Gasteiger partial charge in [-0.15, -0.1) is 0 Å². The van der Waals surface area contributed by atoms with E-state index in [9.17, 15) is 0 Å². The molecule has 0 unspecified atom stereocenters. The molecule has 1 nitrogen and oxygen atoms in total. The van der Waals surface area contributed by atoms with Crippen LogP contribution >= 0.6 is 15.9 Å². The van der Waals surface area contributed by atoms with Crippen LogP contribution in [0.1, 0.15) is 32.6 Å². The first-order valence-electron chi connectivity index (χ1n) is 3.55. The van der Waals surface area contributed by atoms with Crippen molar-refractivity contribution >= 4 is 15.9 Å². The number of rotatable bonds is 5. The predicted octanol–water partition coefficient (Wildman–Crippen LogP) is 2.32. The third kappa shape index (κ3) is 6.32. The van der Waals surface area contributed by atoms with Crippen LogP contribution in [0.15, 0.2) is 0 Å². The summed E-state index contributed by atoms with van der Waals surface area (Å²) in [7, 11) is 0. The monoisotopic (exact) mass is 194 g/mol. The number of unbranched alkanes of at least 4 members (excludes halogenated alkanes) is 2. The van der Waals surface area contributed by atoms with Crippen molar-refractivity contribution in [2.75, 3.05) is 5.33 Å². The molecular weight excluding hydrogens is 180 g/mol. The lowest BCUT2D eigenvalue weighted by Gasteiger charge is -2.03. The number of alkyl halides is 1. The van der Waals surface area contributed by atoms with E-state index in [-0.39, 0.29) is 6.10 Å². The van der Waals surface area contributed by atoms with Crippen molar-refractivity contribution < 1.29 is 5.11 Å². The zero-order valence-corrected chi connectivity index (χ0v) is 7.52. The lowest BCUT2D eigenvalue weighted by molar-refractivity contribution is 0.186. The summed E-state index contributed by atoms with van der Waals surface area (Å²) in [6.07, 6.45) is 4.44. The molecule has 0 aromatic rings. The summed E-state index contributed by atoms with van der Waals surface area (Å²) < 4.78 is 0. The van der Waals surface area contributed by atoms with Crippen molar-refractivity contribution in [3.63, 3.8) is 0 Å². The second kappa shape index (κ2) is 6.56. The van der Waals surface area contributed by atoms with Gasteiger partial charge in [-0.05, 0) is 6.42 Å². The first-order chi connectivity index (χ1) is 4.31. The van der Waals surface area contributed by atoms with Gasteiger partial charge in [0.25, 0.3) is 0 Å². The van der Waals surface area contributed by atoms with Crippen molar-refractivity contribution in [1.29, 1.82) is 0 Å². The minimum Gasteiger partial charge on any atom is -0.392 e. The van der Waals surface area contributed by atoms with Crippen LogP contribution in [0.4, 0.5) is 0 Å². The van der Waals surface area contributed by atoms with Gasteiger partial charge in [-0.25, -0.2) is 0 Å². The van der Waals surface area contributed by atoms with E-state index in [1.807, 2.05) is 0 Å². The number of hydrogen-bond acceptors (Lipinski definition) is 1. The topological polar surface area (TPSA) is 20.2 Å². The molecule has 0 aliphatic carbocycles. The van der Waals surface area contributed by atoms with Gasteiger partial charge in [-0.1, -0.05) is 42.1 Å². The third-order valence-corrected chi connectivity index (χ3v) is 2.07. The van der Waals surface area contributed by atoms with Crippen LogP contribution in [0, 0.1) is 0 Å². The summed E-state index contributed by atoms with van der Waals surface area (Å²) in [6.45, 7) is 2.17. The molecule has 0 rings (SSSR count). The Hall–Kier alpha value is 0.440. The molecule has 0 aromatic carbocycles. The van der Waals surface area contributed by atoms with E-state index in [0.29, 0.717) is 0 Å². The summed E-state index contributed by atoms with van der Waals surface area (Å²) in [5.74, 6) is 0. The van der Waals surface area contributed by atoms with Gasteiger partial charge in [0, 0.05) is 5.33 Å². The Morgan fingerprint density at radius 2 is 2.11 bits per heavy atom. The van der Waals surface area contributed by atoms with Crippen LogP contribution in [-0.4, -0.2) is 16.5 Å². The molecule has 0 radical (unpaired) electrons. The second-order valence-electron chi connectivity index (χ2n) is 2.30. The minimum atomic E-state index is -0.128. The molecule has 0 aliphatic rings. The largest absolute Gasteiger partial charge is 0.392 e. The lowest BCUT2D eigenvalue weighted by atomic mass is 10.1. The average molecular weight is 195 g/mol. The molecule has 0 amide bonds. The number of halogens is 1. The normalized spacial score (nSPS) is 13.7. The maximum Gasteiger partial charge on any atom is 0.0637 e. The number of hydrogen-bond donors (Lipinski definition) is 1. The highest BCUT2D eigenvalue weighted by Gasteiger charge is 1.98. The molecule has 0 aliphatic heterocycles. The van der Waals surface area contributed by atoms with Gasteiger partial charge in [0.2, 0.25) is 0 Å². The maximum absolute atomic E-state index is 9.04. The van der Waals surface area contributed by atoms with Crippen molar-refractivity contribution in [3.05, 3.63) is 0 Å². The van der Waals surface area contributed by atoms with Crippen LogP contribution in [0.5, 0.6) is 0 Å². The first-order valence-corrected chi connectivity index (χ1v) is 4.67. The van der Waals surface area contributed by atoms with Crippen molar-refractivity contribution in [2.45, 2.75) is 38.7 Å². The molecule has 0 aromatic heterocycles. The van der Waals surface area contributed by atoms with Gasteiger partial charge < -0.3 is 5.11 Å². The zero-order valence-electron chi connectivity index (χ0n) is 5.94. The molecule has 0 spiro atoms. The van der Waals surface area contributed by atoms with Crippen LogP contribution in [0.25, 0.3) is 0 Å². The van der Waals surface area contributed by atoms with Crippen molar-refractivity contribution in [1.82, 2.24) is 0 Å². The average Bonchev–Trinajstić information content (AvgIpc) is 1.89. The summed E-state index contributed by atoms with van der Waals surface area (Å²) in [6, 6.07) is 0. The van der Waals surface area contributed by atoms with E-state index in [4.69, 9.17) is 5.11 Å². The van der Waals surface area contributed by atoms with Crippen LogP contribution < -0.4 is 0 Å². The fraction of sp³-hybridized carbons (Fsp3) is 1.00. The van der Waals surface area contributed by atoms with Crippen LogP contribution in [0.2, 0.25) is 0 Å². The van der Waals surface area contributed by atoms with Gasteiger partial charge in [0.05, 0.1) is 6.10 Å². The molecular formula is C7H15BrO. The van der Waals surface area contributed by atoms with Gasteiger partial charge >= 0.3 is 0 Å². The summed E-state index contributed by atoms with van der Waals surface area (Å²) in [5.41, 5.74) is 0. The predicted molar refractivity (Wildman–Crippen MR) is 43.9 cm³/mol. The quantitative estimate of drug-likeness (QED) is 0.527. The minimum absolute atomic E-state index is 0.128. The molecule has 9 heavy (non-hydrogen) atoms. The van der Waals surface area contributed by atoms with Crippen molar-refractivity contribution in [2.24, 2.45) is 0 Å². The second-order valence-corrected chi connectivity index (χ2v) is 2.95. The summed E-state index contributed by atoms with van der Waals surface area (Å²) in [5, 5.41) is 9.76. The maximum atomic E-state index is 9.04. The molecule has 2 heteroatoms. The molecule has 0 saturated heterocycles. The Morgan fingerprint density at radius 3 is 2.56 bits per heavy atom. The Balaban J connectivity index is 2.88. The highest BCUT2D eigenvalue weighted by atomic mass is 79.9. The Labute approximate surface area is 65.6 Å². The zero-order chi connectivity index (χ0) is 7.11. The third-order valence-electron chi connectivity index (χ3n) is 1.32. The molecule has 1 atom stereocenters.